The number of hydrogen-bond donors (Lipinski definition) is 2. The standard InChI is InChI=1S/C12H17F2NO4/c1-9(2,3)19-8(18)15-6-10-4-11(5-10,7(16)17)12(10,13)14/h4-6H2,1-3H3,(H,15,18)(H,16,17). The van der Waals surface area contributed by atoms with Crippen molar-refractivity contribution >= 4 is 12.1 Å². The quantitative estimate of drug-likeness (QED) is 0.827. The molecule has 5 nitrogen and oxygen atoms in total. The fourth-order valence-electron chi connectivity index (χ4n) is 2.92. The summed E-state index contributed by atoms with van der Waals surface area (Å²) in [7, 11) is 0. The summed E-state index contributed by atoms with van der Waals surface area (Å²) in [5.74, 6) is -4.72. The van der Waals surface area contributed by atoms with Gasteiger partial charge in [-0.3, -0.25) is 4.79 Å². The van der Waals surface area contributed by atoms with Gasteiger partial charge in [-0.1, -0.05) is 0 Å². The molecule has 0 aromatic carbocycles. The minimum absolute atomic E-state index is 0.0991. The SMILES string of the molecule is CC(C)(C)OC(=O)NCC12CC(C(=O)O)(C1)C2(F)F. The monoisotopic (exact) mass is 277 g/mol. The maximum atomic E-state index is 13.8. The molecule has 3 fully saturated rings. The Balaban J connectivity index is 1.91. The Morgan fingerprint density at radius 1 is 1.32 bits per heavy atom. The normalized spacial score (nSPS) is 34.8. The van der Waals surface area contributed by atoms with Gasteiger partial charge in [0.05, 0.1) is 5.41 Å². The summed E-state index contributed by atoms with van der Waals surface area (Å²) in [5.41, 5.74) is -4.03. The van der Waals surface area contributed by atoms with Crippen LogP contribution in [0, 0.1) is 10.8 Å². The van der Waals surface area contributed by atoms with E-state index in [2.05, 4.69) is 5.32 Å². The van der Waals surface area contributed by atoms with E-state index in [1.54, 1.807) is 20.8 Å². The molecule has 0 heterocycles. The third-order valence-corrected chi connectivity index (χ3v) is 3.93. The highest BCUT2D eigenvalue weighted by Gasteiger charge is 2.91. The maximum absolute atomic E-state index is 13.8. The molecule has 0 spiro atoms. The van der Waals surface area contributed by atoms with Gasteiger partial charge >= 0.3 is 12.1 Å². The van der Waals surface area contributed by atoms with Crippen LogP contribution in [-0.4, -0.2) is 35.2 Å². The van der Waals surface area contributed by atoms with E-state index in [0.29, 0.717) is 0 Å². The summed E-state index contributed by atoms with van der Waals surface area (Å²) in [4.78, 5) is 22.2. The predicted molar refractivity (Wildman–Crippen MR) is 60.9 cm³/mol. The number of aliphatic carboxylic acids is 1. The number of carboxylic acids is 1. The van der Waals surface area contributed by atoms with Gasteiger partial charge in [0.2, 0.25) is 0 Å². The molecule has 7 heteroatoms. The summed E-state index contributed by atoms with van der Waals surface area (Å²) in [6.07, 6.45) is -0.964. The van der Waals surface area contributed by atoms with E-state index in [0.717, 1.165) is 0 Å². The van der Waals surface area contributed by atoms with Gasteiger partial charge in [-0.2, -0.15) is 0 Å². The molecule has 2 N–H and O–H groups in total. The molecular formula is C12H17F2NO4. The van der Waals surface area contributed by atoms with Gasteiger partial charge in [-0.05, 0) is 33.6 Å². The van der Waals surface area contributed by atoms with Crippen molar-refractivity contribution in [3.05, 3.63) is 0 Å². The predicted octanol–water partition coefficient (Wildman–Crippen LogP) is 2.01. The molecule has 0 aliphatic heterocycles. The number of carbonyl (C=O) groups excluding carboxylic acids is 1. The first kappa shape index (κ1) is 14.0. The van der Waals surface area contributed by atoms with Crippen molar-refractivity contribution in [2.75, 3.05) is 6.54 Å². The average molecular weight is 277 g/mol. The molecule has 0 aromatic heterocycles. The lowest BCUT2D eigenvalue weighted by atomic mass is 9.32. The average Bonchev–Trinajstić information content (AvgIpc) is 2.11. The Bertz CT molecular complexity index is 436. The zero-order valence-corrected chi connectivity index (χ0v) is 11.0. The van der Waals surface area contributed by atoms with E-state index in [4.69, 9.17) is 9.84 Å². The van der Waals surface area contributed by atoms with Gasteiger partial charge in [0.15, 0.2) is 0 Å². The molecule has 3 aliphatic rings. The largest absolute Gasteiger partial charge is 0.481 e. The number of amides is 1. The van der Waals surface area contributed by atoms with Crippen LogP contribution < -0.4 is 5.32 Å². The Morgan fingerprint density at radius 2 is 1.84 bits per heavy atom. The summed E-state index contributed by atoms with van der Waals surface area (Å²) in [5, 5.41) is 11.1. The zero-order chi connectivity index (χ0) is 14.7. The van der Waals surface area contributed by atoms with Gasteiger partial charge in [-0.25, -0.2) is 13.6 Å². The van der Waals surface area contributed by atoms with Crippen LogP contribution in [-0.2, 0) is 9.53 Å². The van der Waals surface area contributed by atoms with Crippen LogP contribution >= 0.6 is 0 Å². The van der Waals surface area contributed by atoms with Gasteiger partial charge in [0, 0.05) is 6.54 Å². The number of carboxylic acid groups (broad SMARTS) is 1. The molecule has 108 valence electrons. The maximum Gasteiger partial charge on any atom is 0.407 e. The summed E-state index contributed by atoms with van der Waals surface area (Å²) in [6, 6.07) is 0. The highest BCUT2D eigenvalue weighted by atomic mass is 19.3. The second-order valence-electron chi connectivity index (χ2n) is 6.45. The third kappa shape index (κ3) is 1.70. The van der Waals surface area contributed by atoms with Crippen molar-refractivity contribution in [2.24, 2.45) is 10.8 Å². The van der Waals surface area contributed by atoms with E-state index in [-0.39, 0.29) is 19.4 Å². The van der Waals surface area contributed by atoms with E-state index >= 15 is 0 Å². The van der Waals surface area contributed by atoms with Crippen LogP contribution in [0.2, 0.25) is 0 Å². The van der Waals surface area contributed by atoms with Crippen molar-refractivity contribution in [3.8, 4) is 0 Å². The second-order valence-corrected chi connectivity index (χ2v) is 6.45. The van der Waals surface area contributed by atoms with Crippen LogP contribution in [0.25, 0.3) is 0 Å². The van der Waals surface area contributed by atoms with Crippen molar-refractivity contribution in [1.29, 1.82) is 0 Å². The van der Waals surface area contributed by atoms with E-state index in [1.165, 1.54) is 0 Å². The van der Waals surface area contributed by atoms with Gasteiger partial charge in [0.1, 0.15) is 11.0 Å². The van der Waals surface area contributed by atoms with Crippen molar-refractivity contribution in [2.45, 2.75) is 45.1 Å². The number of alkyl halides is 2. The fourth-order valence-corrected chi connectivity index (χ4v) is 2.92. The fraction of sp³-hybridized carbons (Fsp3) is 0.833. The highest BCUT2D eigenvalue weighted by Crippen LogP contribution is 2.81. The lowest BCUT2D eigenvalue weighted by molar-refractivity contribution is -0.394. The third-order valence-electron chi connectivity index (χ3n) is 3.93. The summed E-state index contributed by atoms with van der Waals surface area (Å²) < 4.78 is 32.5. The lowest BCUT2D eigenvalue weighted by Gasteiger charge is -2.72. The van der Waals surface area contributed by atoms with Crippen molar-refractivity contribution < 1.29 is 28.2 Å². The lowest BCUT2D eigenvalue weighted by Crippen LogP contribution is -2.83. The van der Waals surface area contributed by atoms with E-state index in [9.17, 15) is 18.4 Å². The Hall–Kier alpha value is -1.40. The molecule has 19 heavy (non-hydrogen) atoms. The Labute approximate surface area is 109 Å². The molecule has 0 saturated heterocycles. The number of ether oxygens (including phenoxy) is 1. The van der Waals surface area contributed by atoms with Gasteiger partial charge < -0.3 is 15.2 Å². The minimum atomic E-state index is -3.26. The summed E-state index contributed by atoms with van der Waals surface area (Å²) in [6.45, 7) is 4.74. The highest BCUT2D eigenvalue weighted by molar-refractivity contribution is 5.82. The number of alkyl carbamates (subject to hydrolysis) is 1. The van der Waals surface area contributed by atoms with Crippen LogP contribution in [0.1, 0.15) is 33.6 Å². The first-order valence-electron chi connectivity index (χ1n) is 6.04. The molecule has 0 radical (unpaired) electrons. The molecule has 0 aromatic rings. The molecule has 3 aliphatic carbocycles. The number of carbonyl (C=O) groups is 2. The molecule has 0 unspecified atom stereocenters. The van der Waals surface area contributed by atoms with Crippen molar-refractivity contribution in [3.63, 3.8) is 0 Å². The first-order valence-corrected chi connectivity index (χ1v) is 6.04. The molecular weight excluding hydrogens is 260 g/mol. The second kappa shape index (κ2) is 3.58. The number of rotatable bonds is 3. The summed E-state index contributed by atoms with van der Waals surface area (Å²) >= 11 is 0. The molecule has 3 saturated carbocycles. The topological polar surface area (TPSA) is 75.6 Å². The van der Waals surface area contributed by atoms with Crippen LogP contribution in [0.3, 0.4) is 0 Å². The Kier molecular flexibility index (Phi) is 2.64. The van der Waals surface area contributed by atoms with Crippen molar-refractivity contribution in [1.82, 2.24) is 5.32 Å². The minimum Gasteiger partial charge on any atom is -0.481 e. The number of nitrogens with one attached hydrogen (secondary N) is 1. The molecule has 0 atom stereocenters. The molecule has 2 bridgehead atoms. The van der Waals surface area contributed by atoms with Gasteiger partial charge in [-0.15, -0.1) is 0 Å². The number of halogens is 2. The molecule has 3 rings (SSSR count). The first-order chi connectivity index (χ1) is 8.46. The van der Waals surface area contributed by atoms with Crippen LogP contribution in [0.5, 0.6) is 0 Å². The zero-order valence-electron chi connectivity index (χ0n) is 11.0. The van der Waals surface area contributed by atoms with Gasteiger partial charge in [0.25, 0.3) is 5.92 Å². The van der Waals surface area contributed by atoms with E-state index in [1.807, 2.05) is 0 Å². The van der Waals surface area contributed by atoms with Crippen LogP contribution in [0.15, 0.2) is 0 Å². The van der Waals surface area contributed by atoms with E-state index < -0.39 is 34.4 Å². The molecule has 1 amide bonds. The number of hydrogen-bond acceptors (Lipinski definition) is 3. The Morgan fingerprint density at radius 3 is 2.21 bits per heavy atom. The smallest absolute Gasteiger partial charge is 0.407 e. The van der Waals surface area contributed by atoms with Crippen LogP contribution in [0.4, 0.5) is 13.6 Å².